The van der Waals surface area contributed by atoms with E-state index in [2.05, 4.69) is 35.6 Å². The van der Waals surface area contributed by atoms with Crippen LogP contribution in [0.1, 0.15) is 30.9 Å². The standard InChI is InChI=1S/C11H14IO/c1-2-3-4-9-5-10(8-13)7-11(12)6-9/h5-8,13H,2-4H2,1H3. The molecule has 0 unspecified atom stereocenters. The van der Waals surface area contributed by atoms with Crippen LogP contribution in [0.4, 0.5) is 0 Å². The highest BCUT2D eigenvalue weighted by atomic mass is 127. The second-order valence-electron chi connectivity index (χ2n) is 3.13. The molecule has 1 nitrogen and oxygen atoms in total. The van der Waals surface area contributed by atoms with Crippen LogP contribution in [-0.4, -0.2) is 5.11 Å². The van der Waals surface area contributed by atoms with E-state index in [0.29, 0.717) is 0 Å². The third-order valence-electron chi connectivity index (χ3n) is 1.95. The zero-order valence-electron chi connectivity index (χ0n) is 7.76. The number of aliphatic hydroxyl groups is 1. The molecule has 0 aliphatic rings. The highest BCUT2D eigenvalue weighted by Crippen LogP contribution is 2.15. The predicted molar refractivity (Wildman–Crippen MR) is 63.1 cm³/mol. The summed E-state index contributed by atoms with van der Waals surface area (Å²) in [6.07, 6.45) is 3.53. The summed E-state index contributed by atoms with van der Waals surface area (Å²) in [7, 11) is 0. The Morgan fingerprint density at radius 1 is 1.38 bits per heavy atom. The van der Waals surface area contributed by atoms with Crippen molar-refractivity contribution in [3.8, 4) is 0 Å². The number of aryl methyl sites for hydroxylation is 1. The summed E-state index contributed by atoms with van der Waals surface area (Å²) in [6.45, 7) is 3.35. The number of hydrogen-bond donors (Lipinski definition) is 1. The maximum absolute atomic E-state index is 8.88. The minimum atomic E-state index is 0.901. The minimum Gasteiger partial charge on any atom is -0.385 e. The average Bonchev–Trinajstić information content (AvgIpc) is 2.14. The molecule has 71 valence electrons. The van der Waals surface area contributed by atoms with Crippen molar-refractivity contribution in [2.45, 2.75) is 26.2 Å². The molecule has 0 fully saturated rings. The highest BCUT2D eigenvalue weighted by Gasteiger charge is 1.98. The molecule has 0 amide bonds. The van der Waals surface area contributed by atoms with Gasteiger partial charge in [0, 0.05) is 3.57 Å². The predicted octanol–water partition coefficient (Wildman–Crippen LogP) is 3.52. The first-order chi connectivity index (χ1) is 6.26. The van der Waals surface area contributed by atoms with Gasteiger partial charge in [0.15, 0.2) is 0 Å². The normalized spacial score (nSPS) is 10.4. The lowest BCUT2D eigenvalue weighted by molar-refractivity contribution is 0.414. The Morgan fingerprint density at radius 2 is 2.15 bits per heavy atom. The molecule has 1 radical (unpaired) electrons. The average molecular weight is 289 g/mol. The monoisotopic (exact) mass is 289 g/mol. The first-order valence-corrected chi connectivity index (χ1v) is 5.61. The maximum atomic E-state index is 8.88. The number of unbranched alkanes of at least 4 members (excludes halogenated alkanes) is 1. The maximum Gasteiger partial charge on any atom is 0.109 e. The number of halogens is 1. The van der Waals surface area contributed by atoms with E-state index < -0.39 is 0 Å². The van der Waals surface area contributed by atoms with Gasteiger partial charge in [-0.1, -0.05) is 19.4 Å². The van der Waals surface area contributed by atoms with E-state index in [4.69, 9.17) is 5.11 Å². The quantitative estimate of drug-likeness (QED) is 0.841. The van der Waals surface area contributed by atoms with E-state index >= 15 is 0 Å². The summed E-state index contributed by atoms with van der Waals surface area (Å²) in [4.78, 5) is 0. The van der Waals surface area contributed by atoms with Crippen molar-refractivity contribution >= 4 is 22.6 Å². The van der Waals surface area contributed by atoms with E-state index in [9.17, 15) is 0 Å². The molecule has 0 aliphatic carbocycles. The molecule has 0 atom stereocenters. The van der Waals surface area contributed by atoms with E-state index in [1.807, 2.05) is 12.1 Å². The van der Waals surface area contributed by atoms with Crippen LogP contribution in [0, 0.1) is 10.2 Å². The van der Waals surface area contributed by atoms with Crippen molar-refractivity contribution in [2.24, 2.45) is 0 Å². The minimum absolute atomic E-state index is 0.901. The molecule has 2 heteroatoms. The molecular formula is C11H14IO. The number of rotatable bonds is 4. The molecule has 0 heterocycles. The van der Waals surface area contributed by atoms with Crippen molar-refractivity contribution in [3.63, 3.8) is 0 Å². The van der Waals surface area contributed by atoms with Crippen LogP contribution in [0.15, 0.2) is 18.2 Å². The van der Waals surface area contributed by atoms with Crippen molar-refractivity contribution in [3.05, 3.63) is 39.5 Å². The molecule has 0 saturated carbocycles. The van der Waals surface area contributed by atoms with Gasteiger partial charge in [-0.15, -0.1) is 0 Å². The summed E-state index contributed by atoms with van der Waals surface area (Å²) in [5, 5.41) is 8.88. The molecule has 0 aromatic heterocycles. The molecule has 0 aliphatic heterocycles. The van der Waals surface area contributed by atoms with Gasteiger partial charge in [-0.25, -0.2) is 0 Å². The van der Waals surface area contributed by atoms with Crippen LogP contribution in [0.2, 0.25) is 0 Å². The summed E-state index contributed by atoms with van der Waals surface area (Å²) in [5.74, 6) is 0. The molecular weight excluding hydrogens is 275 g/mol. The smallest absolute Gasteiger partial charge is 0.109 e. The Kier molecular flexibility index (Phi) is 4.73. The Bertz CT molecular complexity index is 271. The van der Waals surface area contributed by atoms with Gasteiger partial charge in [-0.2, -0.15) is 0 Å². The molecule has 13 heavy (non-hydrogen) atoms. The van der Waals surface area contributed by atoms with Crippen molar-refractivity contribution < 1.29 is 5.11 Å². The van der Waals surface area contributed by atoms with Gasteiger partial charge in [0.2, 0.25) is 0 Å². The van der Waals surface area contributed by atoms with E-state index in [1.165, 1.54) is 22.0 Å². The lowest BCUT2D eigenvalue weighted by Gasteiger charge is -2.03. The van der Waals surface area contributed by atoms with Gasteiger partial charge >= 0.3 is 0 Å². The van der Waals surface area contributed by atoms with Crippen molar-refractivity contribution in [1.29, 1.82) is 0 Å². The zero-order chi connectivity index (χ0) is 9.68. The van der Waals surface area contributed by atoms with Crippen LogP contribution in [0.25, 0.3) is 0 Å². The highest BCUT2D eigenvalue weighted by molar-refractivity contribution is 14.1. The summed E-state index contributed by atoms with van der Waals surface area (Å²) in [5.41, 5.74) is 2.21. The third kappa shape index (κ3) is 3.65. The van der Waals surface area contributed by atoms with Gasteiger partial charge in [0.25, 0.3) is 0 Å². The first-order valence-electron chi connectivity index (χ1n) is 4.53. The van der Waals surface area contributed by atoms with E-state index in [0.717, 1.165) is 18.6 Å². The Hall–Kier alpha value is -0.0900. The fourth-order valence-electron chi connectivity index (χ4n) is 1.28. The van der Waals surface area contributed by atoms with Crippen molar-refractivity contribution in [2.75, 3.05) is 0 Å². The van der Waals surface area contributed by atoms with Gasteiger partial charge in [-0.3, -0.25) is 0 Å². The molecule has 1 aromatic rings. The molecule has 0 bridgehead atoms. The van der Waals surface area contributed by atoms with Crippen molar-refractivity contribution in [1.82, 2.24) is 0 Å². The topological polar surface area (TPSA) is 20.2 Å². The van der Waals surface area contributed by atoms with Gasteiger partial charge in [0.05, 0.1) is 0 Å². The van der Waals surface area contributed by atoms with E-state index in [1.54, 1.807) is 0 Å². The molecule has 0 spiro atoms. The SMILES string of the molecule is CCCCc1cc(I)cc([CH]O)c1. The van der Waals surface area contributed by atoms with Crippen LogP contribution in [0.5, 0.6) is 0 Å². The fraction of sp³-hybridized carbons (Fsp3) is 0.364. The first kappa shape index (κ1) is 11.0. The Morgan fingerprint density at radius 3 is 2.77 bits per heavy atom. The lowest BCUT2D eigenvalue weighted by atomic mass is 10.1. The molecule has 1 aromatic carbocycles. The van der Waals surface area contributed by atoms with Crippen LogP contribution in [-0.2, 0) is 6.42 Å². The van der Waals surface area contributed by atoms with Crippen LogP contribution >= 0.6 is 22.6 Å². The summed E-state index contributed by atoms with van der Waals surface area (Å²) >= 11 is 2.28. The summed E-state index contributed by atoms with van der Waals surface area (Å²) < 4.78 is 1.19. The molecule has 0 saturated heterocycles. The fourth-order valence-corrected chi connectivity index (χ4v) is 2.03. The van der Waals surface area contributed by atoms with E-state index in [-0.39, 0.29) is 0 Å². The van der Waals surface area contributed by atoms with Gasteiger partial charge < -0.3 is 5.11 Å². The largest absolute Gasteiger partial charge is 0.385 e. The number of benzene rings is 1. The Balaban J connectivity index is 2.76. The second-order valence-corrected chi connectivity index (χ2v) is 4.37. The number of aliphatic hydroxyl groups excluding tert-OH is 1. The zero-order valence-corrected chi connectivity index (χ0v) is 9.91. The number of hydrogen-bond acceptors (Lipinski definition) is 1. The summed E-state index contributed by atoms with van der Waals surface area (Å²) in [6, 6.07) is 6.18. The molecule has 1 N–H and O–H groups in total. The Labute approximate surface area is 93.3 Å². The van der Waals surface area contributed by atoms with Crippen LogP contribution in [0.3, 0.4) is 0 Å². The van der Waals surface area contributed by atoms with Gasteiger partial charge in [0.1, 0.15) is 6.61 Å². The van der Waals surface area contributed by atoms with Gasteiger partial charge in [-0.05, 0) is 58.7 Å². The lowest BCUT2D eigenvalue weighted by Crippen LogP contribution is -1.89. The molecule has 1 rings (SSSR count). The second kappa shape index (κ2) is 5.60. The third-order valence-corrected chi connectivity index (χ3v) is 2.57. The van der Waals surface area contributed by atoms with Crippen LogP contribution < -0.4 is 0 Å².